The third-order valence-corrected chi connectivity index (χ3v) is 2.92. The van der Waals surface area contributed by atoms with Crippen LogP contribution >= 0.6 is 0 Å². The number of ether oxygens (including phenoxy) is 1. The number of halogens is 2. The minimum Gasteiger partial charge on any atom is -0.444 e. The molecule has 0 spiro atoms. The lowest BCUT2D eigenvalue weighted by Gasteiger charge is -2.38. The van der Waals surface area contributed by atoms with Gasteiger partial charge in [0.1, 0.15) is 5.60 Å². The zero-order valence-electron chi connectivity index (χ0n) is 11.9. The maximum absolute atomic E-state index is 13.9. The van der Waals surface area contributed by atoms with Crippen LogP contribution in [0.25, 0.3) is 0 Å². The van der Waals surface area contributed by atoms with Gasteiger partial charge in [-0.2, -0.15) is 0 Å². The van der Waals surface area contributed by atoms with Crippen LogP contribution in [0.4, 0.5) is 13.6 Å². The number of carbonyl (C=O) groups excluding carboxylic acids is 1. The maximum atomic E-state index is 13.9. The molecule has 108 valence electrons. The molecular weight excluding hydrogens is 252 g/mol. The predicted octanol–water partition coefficient (Wildman–Crippen LogP) is 3.29. The summed E-state index contributed by atoms with van der Waals surface area (Å²) in [5.41, 5.74) is -0.670. The number of alkyl halides is 2. The van der Waals surface area contributed by atoms with Gasteiger partial charge in [-0.25, -0.2) is 13.6 Å². The first-order valence-corrected chi connectivity index (χ1v) is 6.41. The molecule has 1 rings (SSSR count). The van der Waals surface area contributed by atoms with Crippen molar-refractivity contribution in [1.29, 1.82) is 0 Å². The first-order valence-electron chi connectivity index (χ1n) is 6.41. The molecule has 0 N–H and O–H groups in total. The van der Waals surface area contributed by atoms with E-state index in [0.29, 0.717) is 6.54 Å². The summed E-state index contributed by atoms with van der Waals surface area (Å²) in [6, 6.07) is 0. The summed E-state index contributed by atoms with van der Waals surface area (Å²) in [6.07, 6.45) is -0.251. The Kier molecular flexibility index (Phi) is 4.78. The predicted molar refractivity (Wildman–Crippen MR) is 68.9 cm³/mol. The number of nitrogens with zero attached hydrogens (tertiary/aromatic N) is 1. The molecule has 0 aromatic heterocycles. The molecule has 1 unspecified atom stereocenters. The molecule has 0 aromatic carbocycles. The highest BCUT2D eigenvalue weighted by molar-refractivity contribution is 5.68. The Morgan fingerprint density at radius 1 is 1.47 bits per heavy atom. The lowest BCUT2D eigenvalue weighted by atomic mass is 9.90. The van der Waals surface area contributed by atoms with Gasteiger partial charge in [0, 0.05) is 18.9 Å². The lowest BCUT2D eigenvalue weighted by Crippen LogP contribution is -2.51. The van der Waals surface area contributed by atoms with E-state index in [1.165, 1.54) is 0 Å². The van der Waals surface area contributed by atoms with Gasteiger partial charge < -0.3 is 9.64 Å². The van der Waals surface area contributed by atoms with Gasteiger partial charge in [0.2, 0.25) is 0 Å². The second kappa shape index (κ2) is 5.77. The Hall–Kier alpha value is -1.31. The van der Waals surface area contributed by atoms with Crippen LogP contribution in [0.5, 0.6) is 0 Å². The third-order valence-electron chi connectivity index (χ3n) is 2.92. The molecule has 1 fully saturated rings. The highest BCUT2D eigenvalue weighted by Gasteiger charge is 2.46. The second-order valence-electron chi connectivity index (χ2n) is 5.78. The molecule has 1 aliphatic rings. The molecule has 3 nitrogen and oxygen atoms in total. The molecule has 1 saturated heterocycles. The van der Waals surface area contributed by atoms with E-state index in [0.717, 1.165) is 4.90 Å². The average molecular weight is 273 g/mol. The Morgan fingerprint density at radius 2 is 2.11 bits per heavy atom. The zero-order valence-corrected chi connectivity index (χ0v) is 11.9. The van der Waals surface area contributed by atoms with Crippen molar-refractivity contribution in [2.24, 2.45) is 5.92 Å². The number of rotatable bonds is 1. The van der Waals surface area contributed by atoms with Crippen molar-refractivity contribution >= 4 is 6.09 Å². The van der Waals surface area contributed by atoms with Crippen molar-refractivity contribution in [2.75, 3.05) is 13.1 Å². The smallest absolute Gasteiger partial charge is 0.410 e. The van der Waals surface area contributed by atoms with Crippen LogP contribution in [0, 0.1) is 17.8 Å². The topological polar surface area (TPSA) is 29.5 Å². The summed E-state index contributed by atoms with van der Waals surface area (Å²) in [5.74, 6) is 1.64. The first-order chi connectivity index (χ1) is 8.65. The normalized spacial score (nSPS) is 22.4. The molecule has 0 aromatic rings. The van der Waals surface area contributed by atoms with Crippen molar-refractivity contribution in [1.82, 2.24) is 4.90 Å². The van der Waals surface area contributed by atoms with Crippen LogP contribution in [-0.2, 0) is 4.74 Å². The average Bonchev–Trinajstić information content (AvgIpc) is 2.24. The standard InChI is InChI=1S/C14H21F2NO2/c1-5-6-7-11-8-9-17(10-14(11,15)16)12(18)19-13(2,3)4/h11H,7-10H2,1-4H3. The lowest BCUT2D eigenvalue weighted by molar-refractivity contribution is -0.108. The molecule has 1 atom stereocenters. The van der Waals surface area contributed by atoms with Crippen molar-refractivity contribution in [3.8, 4) is 11.8 Å². The minimum absolute atomic E-state index is 0.172. The van der Waals surface area contributed by atoms with Crippen LogP contribution in [0.2, 0.25) is 0 Å². The number of likely N-dealkylation sites (tertiary alicyclic amines) is 1. The van der Waals surface area contributed by atoms with Crippen molar-refractivity contribution in [2.45, 2.75) is 52.1 Å². The van der Waals surface area contributed by atoms with Crippen LogP contribution in [-0.4, -0.2) is 35.6 Å². The molecule has 5 heteroatoms. The van der Waals surface area contributed by atoms with Gasteiger partial charge in [-0.15, -0.1) is 11.8 Å². The van der Waals surface area contributed by atoms with E-state index in [4.69, 9.17) is 4.74 Å². The van der Waals surface area contributed by atoms with Gasteiger partial charge in [0.05, 0.1) is 6.54 Å². The summed E-state index contributed by atoms with van der Waals surface area (Å²) in [7, 11) is 0. The Bertz CT molecular complexity index is 390. The fraction of sp³-hybridized carbons (Fsp3) is 0.786. The first kappa shape index (κ1) is 15.7. The molecule has 19 heavy (non-hydrogen) atoms. The summed E-state index contributed by atoms with van der Waals surface area (Å²) >= 11 is 0. The fourth-order valence-electron chi connectivity index (χ4n) is 1.94. The summed E-state index contributed by atoms with van der Waals surface area (Å²) < 4.78 is 32.9. The molecular formula is C14H21F2NO2. The monoisotopic (exact) mass is 273 g/mol. The summed E-state index contributed by atoms with van der Waals surface area (Å²) in [6.45, 7) is 6.48. The van der Waals surface area contributed by atoms with E-state index in [2.05, 4.69) is 11.8 Å². The third kappa shape index (κ3) is 4.70. The van der Waals surface area contributed by atoms with Crippen LogP contribution in [0.15, 0.2) is 0 Å². The molecule has 1 heterocycles. The maximum Gasteiger partial charge on any atom is 0.410 e. The molecule has 0 aliphatic carbocycles. The van der Waals surface area contributed by atoms with E-state index >= 15 is 0 Å². The zero-order chi connectivity index (χ0) is 14.7. The van der Waals surface area contributed by atoms with E-state index in [1.54, 1.807) is 27.7 Å². The Labute approximate surface area is 113 Å². The van der Waals surface area contributed by atoms with Gasteiger partial charge in [0.15, 0.2) is 0 Å². The van der Waals surface area contributed by atoms with E-state index < -0.39 is 30.1 Å². The van der Waals surface area contributed by atoms with Crippen LogP contribution in [0.3, 0.4) is 0 Å². The fourth-order valence-corrected chi connectivity index (χ4v) is 1.94. The van der Waals surface area contributed by atoms with Crippen molar-refractivity contribution < 1.29 is 18.3 Å². The van der Waals surface area contributed by atoms with Crippen LogP contribution < -0.4 is 0 Å². The van der Waals surface area contributed by atoms with Gasteiger partial charge in [-0.05, 0) is 34.1 Å². The molecule has 1 amide bonds. The summed E-state index contributed by atoms with van der Waals surface area (Å²) in [4.78, 5) is 12.8. The number of amides is 1. The minimum atomic E-state index is -2.90. The van der Waals surface area contributed by atoms with Gasteiger partial charge in [0.25, 0.3) is 5.92 Å². The second-order valence-corrected chi connectivity index (χ2v) is 5.78. The van der Waals surface area contributed by atoms with Gasteiger partial charge in [-0.1, -0.05) is 0 Å². The van der Waals surface area contributed by atoms with E-state index in [9.17, 15) is 13.6 Å². The number of hydrogen-bond acceptors (Lipinski definition) is 2. The van der Waals surface area contributed by atoms with Gasteiger partial charge >= 0.3 is 6.09 Å². The Balaban J connectivity index is 2.64. The highest BCUT2D eigenvalue weighted by Crippen LogP contribution is 2.35. The molecule has 0 bridgehead atoms. The summed E-state index contributed by atoms with van der Waals surface area (Å²) in [5, 5.41) is 0. The Morgan fingerprint density at radius 3 is 2.58 bits per heavy atom. The SMILES string of the molecule is CC#CCC1CCN(C(=O)OC(C)(C)C)CC1(F)F. The number of carbonyl (C=O) groups is 1. The van der Waals surface area contributed by atoms with Crippen molar-refractivity contribution in [3.63, 3.8) is 0 Å². The molecule has 1 aliphatic heterocycles. The largest absolute Gasteiger partial charge is 0.444 e. The number of piperidine rings is 1. The van der Waals surface area contributed by atoms with Gasteiger partial charge in [-0.3, -0.25) is 0 Å². The molecule has 0 saturated carbocycles. The molecule has 0 radical (unpaired) electrons. The highest BCUT2D eigenvalue weighted by atomic mass is 19.3. The van der Waals surface area contributed by atoms with Crippen LogP contribution in [0.1, 0.15) is 40.5 Å². The van der Waals surface area contributed by atoms with E-state index in [1.807, 2.05) is 0 Å². The van der Waals surface area contributed by atoms with Crippen molar-refractivity contribution in [3.05, 3.63) is 0 Å². The van der Waals surface area contributed by atoms with E-state index in [-0.39, 0.29) is 12.8 Å². The number of hydrogen-bond donors (Lipinski definition) is 0. The quantitative estimate of drug-likeness (QED) is 0.686.